The van der Waals surface area contributed by atoms with Crippen molar-refractivity contribution in [3.63, 3.8) is 0 Å². The van der Waals surface area contributed by atoms with Gasteiger partial charge in [0.05, 0.1) is 4.90 Å². The van der Waals surface area contributed by atoms with Gasteiger partial charge < -0.3 is 5.32 Å². The molecule has 2 aromatic carbocycles. The summed E-state index contributed by atoms with van der Waals surface area (Å²) in [6.45, 7) is 2.26. The van der Waals surface area contributed by atoms with Crippen LogP contribution in [0.3, 0.4) is 0 Å². The van der Waals surface area contributed by atoms with E-state index >= 15 is 0 Å². The molecule has 0 atom stereocenters. The normalized spacial score (nSPS) is 11.4. The molecule has 0 saturated carbocycles. The van der Waals surface area contributed by atoms with Gasteiger partial charge in [-0.3, -0.25) is 0 Å². The maximum absolute atomic E-state index is 13.0. The van der Waals surface area contributed by atoms with Crippen molar-refractivity contribution in [3.05, 3.63) is 58.4 Å². The topological polar surface area (TPSA) is 46.2 Å². The molecule has 0 radical (unpaired) electrons. The summed E-state index contributed by atoms with van der Waals surface area (Å²) in [5.41, 5.74) is 2.36. The molecular formula is C15H15ClFNO2S. The first-order valence-electron chi connectivity index (χ1n) is 6.26. The summed E-state index contributed by atoms with van der Waals surface area (Å²) in [4.78, 5) is 0.251. The van der Waals surface area contributed by atoms with Gasteiger partial charge in [-0.25, -0.2) is 12.8 Å². The van der Waals surface area contributed by atoms with Crippen LogP contribution in [0.5, 0.6) is 0 Å². The Labute approximate surface area is 128 Å². The molecule has 0 bridgehead atoms. The first-order chi connectivity index (χ1) is 9.77. The van der Waals surface area contributed by atoms with Crippen molar-refractivity contribution in [3.8, 4) is 0 Å². The van der Waals surface area contributed by atoms with Gasteiger partial charge in [-0.05, 0) is 42.3 Å². The Morgan fingerprint density at radius 1 is 1.19 bits per heavy atom. The smallest absolute Gasteiger partial charge is 0.175 e. The van der Waals surface area contributed by atoms with Crippen LogP contribution in [0.2, 0.25) is 5.02 Å². The fourth-order valence-corrected chi connectivity index (χ4v) is 2.76. The van der Waals surface area contributed by atoms with Crippen LogP contribution in [0, 0.1) is 12.7 Å². The van der Waals surface area contributed by atoms with Gasteiger partial charge in [0.25, 0.3) is 0 Å². The van der Waals surface area contributed by atoms with Crippen molar-refractivity contribution in [2.45, 2.75) is 18.4 Å². The second-order valence-corrected chi connectivity index (χ2v) is 7.26. The number of hydrogen-bond acceptors (Lipinski definition) is 3. The van der Waals surface area contributed by atoms with E-state index in [2.05, 4.69) is 5.32 Å². The zero-order valence-corrected chi connectivity index (χ0v) is 13.2. The molecule has 0 aliphatic heterocycles. The summed E-state index contributed by atoms with van der Waals surface area (Å²) in [6, 6.07) is 9.08. The Hall–Kier alpha value is -1.59. The molecule has 0 aromatic heterocycles. The quantitative estimate of drug-likeness (QED) is 0.929. The Morgan fingerprint density at radius 2 is 1.90 bits per heavy atom. The second-order valence-electron chi connectivity index (χ2n) is 4.84. The van der Waals surface area contributed by atoms with Gasteiger partial charge in [0, 0.05) is 23.5 Å². The fraction of sp³-hybridized carbons (Fsp3) is 0.200. The third-order valence-electron chi connectivity index (χ3n) is 3.12. The maximum atomic E-state index is 13.0. The van der Waals surface area contributed by atoms with Gasteiger partial charge in [0.15, 0.2) is 9.84 Å². The first kappa shape index (κ1) is 15.8. The minimum absolute atomic E-state index is 0.251. The highest BCUT2D eigenvalue weighted by Crippen LogP contribution is 2.23. The number of aryl methyl sites for hydroxylation is 1. The van der Waals surface area contributed by atoms with E-state index in [-0.39, 0.29) is 10.7 Å². The molecule has 0 amide bonds. The van der Waals surface area contributed by atoms with E-state index < -0.39 is 9.84 Å². The lowest BCUT2D eigenvalue weighted by Crippen LogP contribution is -2.04. The van der Waals surface area contributed by atoms with Crippen LogP contribution in [-0.2, 0) is 16.4 Å². The molecule has 21 heavy (non-hydrogen) atoms. The molecule has 0 spiro atoms. The van der Waals surface area contributed by atoms with E-state index in [9.17, 15) is 12.8 Å². The van der Waals surface area contributed by atoms with E-state index in [0.717, 1.165) is 17.4 Å². The van der Waals surface area contributed by atoms with Gasteiger partial charge in [-0.1, -0.05) is 23.7 Å². The molecule has 0 aliphatic carbocycles. The predicted molar refractivity (Wildman–Crippen MR) is 83.0 cm³/mol. The van der Waals surface area contributed by atoms with Gasteiger partial charge in [-0.2, -0.15) is 0 Å². The monoisotopic (exact) mass is 327 g/mol. The van der Waals surface area contributed by atoms with Crippen LogP contribution < -0.4 is 5.32 Å². The number of rotatable bonds is 4. The van der Waals surface area contributed by atoms with Gasteiger partial charge in [0.2, 0.25) is 0 Å². The van der Waals surface area contributed by atoms with Crippen LogP contribution in [0.4, 0.5) is 10.1 Å². The van der Waals surface area contributed by atoms with Crippen LogP contribution in [0.25, 0.3) is 0 Å². The Kier molecular flexibility index (Phi) is 4.54. The number of nitrogens with one attached hydrogen (secondary N) is 1. The third-order valence-corrected chi connectivity index (χ3v) is 4.58. The molecule has 0 fully saturated rings. The zero-order chi connectivity index (χ0) is 15.6. The lowest BCUT2D eigenvalue weighted by molar-refractivity contribution is 0.602. The number of halogens is 2. The highest BCUT2D eigenvalue weighted by molar-refractivity contribution is 7.90. The highest BCUT2D eigenvalue weighted by Gasteiger charge is 2.10. The van der Waals surface area contributed by atoms with Crippen LogP contribution in [0.1, 0.15) is 11.1 Å². The first-order valence-corrected chi connectivity index (χ1v) is 8.53. The van der Waals surface area contributed by atoms with E-state index in [1.807, 2.05) is 6.92 Å². The van der Waals surface area contributed by atoms with E-state index in [0.29, 0.717) is 17.3 Å². The number of benzene rings is 2. The molecule has 6 heteroatoms. The summed E-state index contributed by atoms with van der Waals surface area (Å²) in [5.74, 6) is -0.390. The van der Waals surface area contributed by atoms with Crippen molar-refractivity contribution in [2.24, 2.45) is 0 Å². The van der Waals surface area contributed by atoms with E-state index in [1.165, 1.54) is 12.1 Å². The molecule has 1 N–H and O–H groups in total. The maximum Gasteiger partial charge on any atom is 0.175 e. The van der Waals surface area contributed by atoms with Crippen molar-refractivity contribution in [2.75, 3.05) is 11.6 Å². The van der Waals surface area contributed by atoms with Gasteiger partial charge >= 0.3 is 0 Å². The van der Waals surface area contributed by atoms with Crippen LogP contribution in [0.15, 0.2) is 41.3 Å². The molecule has 0 saturated heterocycles. The minimum atomic E-state index is -3.25. The van der Waals surface area contributed by atoms with Crippen LogP contribution >= 0.6 is 11.6 Å². The van der Waals surface area contributed by atoms with Crippen molar-refractivity contribution in [1.29, 1.82) is 0 Å². The van der Waals surface area contributed by atoms with Crippen molar-refractivity contribution >= 4 is 27.1 Å². The zero-order valence-electron chi connectivity index (χ0n) is 11.7. The summed E-state index contributed by atoms with van der Waals surface area (Å²) in [5, 5.41) is 3.46. The molecule has 2 rings (SSSR count). The van der Waals surface area contributed by atoms with Gasteiger partial charge in [-0.15, -0.1) is 0 Å². The predicted octanol–water partition coefficient (Wildman–Crippen LogP) is 3.80. The van der Waals surface area contributed by atoms with E-state index in [4.69, 9.17) is 11.6 Å². The van der Waals surface area contributed by atoms with E-state index in [1.54, 1.807) is 24.3 Å². The molecule has 3 nitrogen and oxygen atoms in total. The molecule has 0 heterocycles. The standard InChI is InChI=1S/C15H15ClFNO2S/c1-10-3-6-13(21(2,19)20)8-15(10)18-9-11-4-5-12(17)7-14(11)16/h3-8,18H,9H2,1-2H3. The molecule has 0 aliphatic rings. The number of hydrogen-bond donors (Lipinski definition) is 1. The SMILES string of the molecule is Cc1ccc(S(C)(=O)=O)cc1NCc1ccc(F)cc1Cl. The van der Waals surface area contributed by atoms with Gasteiger partial charge in [0.1, 0.15) is 5.82 Å². The van der Waals surface area contributed by atoms with Crippen molar-refractivity contribution < 1.29 is 12.8 Å². The molecule has 112 valence electrons. The Balaban J connectivity index is 2.23. The van der Waals surface area contributed by atoms with Crippen LogP contribution in [-0.4, -0.2) is 14.7 Å². The summed E-state index contributed by atoms with van der Waals surface area (Å²) >= 11 is 5.96. The molecular weight excluding hydrogens is 313 g/mol. The fourth-order valence-electron chi connectivity index (χ4n) is 1.88. The lowest BCUT2D eigenvalue weighted by atomic mass is 10.1. The molecule has 2 aromatic rings. The van der Waals surface area contributed by atoms with Crippen molar-refractivity contribution in [1.82, 2.24) is 0 Å². The minimum Gasteiger partial charge on any atom is -0.381 e. The number of sulfone groups is 1. The Morgan fingerprint density at radius 3 is 2.52 bits per heavy atom. The number of anilines is 1. The molecule has 0 unspecified atom stereocenters. The average Bonchev–Trinajstić information content (AvgIpc) is 2.38. The Bertz CT molecular complexity index is 775. The third kappa shape index (κ3) is 3.95. The second kappa shape index (κ2) is 6.03. The lowest BCUT2D eigenvalue weighted by Gasteiger charge is -2.12. The summed E-state index contributed by atoms with van der Waals surface area (Å²) in [7, 11) is -3.25. The summed E-state index contributed by atoms with van der Waals surface area (Å²) < 4.78 is 36.1. The summed E-state index contributed by atoms with van der Waals surface area (Å²) in [6.07, 6.45) is 1.16. The highest BCUT2D eigenvalue weighted by atomic mass is 35.5. The largest absolute Gasteiger partial charge is 0.381 e. The average molecular weight is 328 g/mol.